The van der Waals surface area contributed by atoms with Crippen molar-refractivity contribution in [3.8, 4) is 17.2 Å². The number of carbonyl (C=O) groups excluding carboxylic acids is 1. The summed E-state index contributed by atoms with van der Waals surface area (Å²) in [5.41, 5.74) is -0.187. The van der Waals surface area contributed by atoms with Gasteiger partial charge >= 0.3 is 5.97 Å². The third-order valence-corrected chi connectivity index (χ3v) is 4.09. The van der Waals surface area contributed by atoms with Crippen molar-refractivity contribution in [3.63, 3.8) is 0 Å². The quantitative estimate of drug-likeness (QED) is 0.422. The molecular weight excluding hydrogens is 312 g/mol. The molecule has 5 atom stereocenters. The van der Waals surface area contributed by atoms with Crippen molar-refractivity contribution in [2.24, 2.45) is 0 Å². The topological polar surface area (TPSA) is 146 Å². The molecule has 1 fully saturated rings. The summed E-state index contributed by atoms with van der Waals surface area (Å²) in [5.74, 6) is -2.16. The monoisotopic (exact) mass is 328 g/mol. The maximum absolute atomic E-state index is 12.1. The summed E-state index contributed by atoms with van der Waals surface area (Å²) >= 11 is 0. The zero-order chi connectivity index (χ0) is 16.9. The van der Waals surface area contributed by atoms with E-state index >= 15 is 0 Å². The highest BCUT2D eigenvalue weighted by Crippen LogP contribution is 2.49. The van der Waals surface area contributed by atoms with Gasteiger partial charge in [-0.05, 0) is 6.07 Å². The number of phenolic OH excluding ortho intramolecular Hbond substituents is 2. The predicted molar refractivity (Wildman–Crippen MR) is 72.2 cm³/mol. The Bertz CT molecular complexity index is 644. The number of aromatic hydroxyl groups is 2. The van der Waals surface area contributed by atoms with Crippen LogP contribution >= 0.6 is 0 Å². The van der Waals surface area contributed by atoms with Crippen molar-refractivity contribution < 1.29 is 44.5 Å². The number of esters is 1. The number of methoxy groups -OCH3 is 1. The Kier molecular flexibility index (Phi) is 3.80. The van der Waals surface area contributed by atoms with E-state index in [2.05, 4.69) is 0 Å². The minimum atomic E-state index is -1.51. The second-order valence-corrected chi connectivity index (χ2v) is 5.37. The Morgan fingerprint density at radius 2 is 1.96 bits per heavy atom. The van der Waals surface area contributed by atoms with Crippen LogP contribution in [0.25, 0.3) is 0 Å². The van der Waals surface area contributed by atoms with Crippen LogP contribution < -0.4 is 4.74 Å². The second-order valence-electron chi connectivity index (χ2n) is 5.37. The van der Waals surface area contributed by atoms with E-state index < -0.39 is 54.6 Å². The van der Waals surface area contributed by atoms with E-state index in [-0.39, 0.29) is 16.9 Å². The van der Waals surface area contributed by atoms with Crippen LogP contribution in [0.3, 0.4) is 0 Å². The predicted octanol–water partition coefficient (Wildman–Crippen LogP) is -1.20. The molecule has 2 unspecified atom stereocenters. The van der Waals surface area contributed by atoms with E-state index in [1.165, 1.54) is 7.11 Å². The molecule has 0 bridgehead atoms. The van der Waals surface area contributed by atoms with Crippen molar-refractivity contribution in [3.05, 3.63) is 17.2 Å². The number of aliphatic hydroxyl groups excluding tert-OH is 3. The van der Waals surface area contributed by atoms with Crippen molar-refractivity contribution in [2.75, 3.05) is 13.7 Å². The van der Waals surface area contributed by atoms with Gasteiger partial charge in [0.25, 0.3) is 0 Å². The number of rotatable bonds is 2. The standard InChI is InChI=1S/C14H16O9/c1-21-11-5(16)2-4-7(9(11)18)12-13(23-14(4)20)10(19)8(17)6(3-15)22-12/h2,6,8,10,12-13,15-19H,3H2,1H3/t6-,8?,10+,12?,13-/m1/s1. The van der Waals surface area contributed by atoms with Gasteiger partial charge < -0.3 is 39.7 Å². The van der Waals surface area contributed by atoms with Gasteiger partial charge in [0.2, 0.25) is 5.75 Å². The van der Waals surface area contributed by atoms with Crippen molar-refractivity contribution in [1.29, 1.82) is 0 Å². The number of ether oxygens (including phenoxy) is 3. The van der Waals surface area contributed by atoms with Crippen LogP contribution in [0, 0.1) is 0 Å². The third kappa shape index (κ3) is 2.20. The van der Waals surface area contributed by atoms with Gasteiger partial charge in [-0.1, -0.05) is 0 Å². The Morgan fingerprint density at radius 1 is 1.26 bits per heavy atom. The van der Waals surface area contributed by atoms with Crippen LogP contribution in [0.15, 0.2) is 6.07 Å². The van der Waals surface area contributed by atoms with Gasteiger partial charge in [-0.25, -0.2) is 4.79 Å². The normalized spacial score (nSPS) is 32.7. The second kappa shape index (κ2) is 5.53. The van der Waals surface area contributed by atoms with Crippen molar-refractivity contribution in [2.45, 2.75) is 30.5 Å². The molecule has 1 aromatic carbocycles. The van der Waals surface area contributed by atoms with Crippen LogP contribution in [0.5, 0.6) is 17.2 Å². The van der Waals surface area contributed by atoms with Crippen molar-refractivity contribution >= 4 is 5.97 Å². The Hall–Kier alpha value is -2.07. The minimum Gasteiger partial charge on any atom is -0.504 e. The van der Waals surface area contributed by atoms with E-state index in [1.54, 1.807) is 0 Å². The molecule has 23 heavy (non-hydrogen) atoms. The number of phenols is 2. The first-order valence-electron chi connectivity index (χ1n) is 6.87. The molecule has 2 aliphatic heterocycles. The van der Waals surface area contributed by atoms with Crippen LogP contribution in [-0.2, 0) is 9.47 Å². The lowest BCUT2D eigenvalue weighted by Crippen LogP contribution is -2.58. The molecule has 0 aliphatic carbocycles. The van der Waals surface area contributed by atoms with Gasteiger partial charge in [0.05, 0.1) is 19.3 Å². The number of hydrogen-bond acceptors (Lipinski definition) is 9. The molecule has 0 aromatic heterocycles. The first kappa shape index (κ1) is 15.8. The van der Waals surface area contributed by atoms with Crippen LogP contribution in [0.1, 0.15) is 22.0 Å². The highest BCUT2D eigenvalue weighted by molar-refractivity contribution is 5.95. The molecule has 1 aromatic rings. The molecule has 3 rings (SSSR count). The molecule has 5 N–H and O–H groups in total. The third-order valence-electron chi connectivity index (χ3n) is 4.09. The largest absolute Gasteiger partial charge is 0.504 e. The van der Waals surface area contributed by atoms with Crippen LogP contribution in [0.4, 0.5) is 0 Å². The summed E-state index contributed by atoms with van der Waals surface area (Å²) in [6, 6.07) is 1.06. The molecule has 126 valence electrons. The lowest BCUT2D eigenvalue weighted by molar-refractivity contribution is -0.235. The van der Waals surface area contributed by atoms with E-state index in [4.69, 9.17) is 14.2 Å². The molecule has 9 nitrogen and oxygen atoms in total. The Balaban J connectivity index is 2.16. The number of fused-ring (bicyclic) bond motifs is 3. The summed E-state index contributed by atoms with van der Waals surface area (Å²) in [6.45, 7) is -0.583. The SMILES string of the molecule is COc1c(O)cc2c(c1O)C1O[C@H](CO)C(O)[C@H](O)[C@H]1OC2=O. The van der Waals surface area contributed by atoms with E-state index in [0.29, 0.717) is 0 Å². The van der Waals surface area contributed by atoms with Gasteiger partial charge in [0.15, 0.2) is 17.6 Å². The summed E-state index contributed by atoms with van der Waals surface area (Å²) in [7, 11) is 1.22. The average molecular weight is 328 g/mol. The molecule has 2 heterocycles. The number of carbonyl (C=O) groups is 1. The molecule has 0 radical (unpaired) electrons. The van der Waals surface area contributed by atoms with Crippen molar-refractivity contribution in [1.82, 2.24) is 0 Å². The average Bonchev–Trinajstić information content (AvgIpc) is 2.52. The minimum absolute atomic E-state index is 0.0368. The fourth-order valence-corrected chi connectivity index (χ4v) is 2.95. The molecule has 9 heteroatoms. The molecule has 0 spiro atoms. The molecular formula is C14H16O9. The Morgan fingerprint density at radius 3 is 2.57 bits per heavy atom. The highest BCUT2D eigenvalue weighted by atomic mass is 16.6. The molecule has 0 saturated carbocycles. The smallest absolute Gasteiger partial charge is 0.339 e. The number of benzene rings is 1. The summed E-state index contributed by atoms with van der Waals surface area (Å²) < 4.78 is 15.4. The number of aliphatic hydroxyl groups is 3. The first-order valence-corrected chi connectivity index (χ1v) is 6.87. The summed E-state index contributed by atoms with van der Waals surface area (Å²) in [6.07, 6.45) is -6.50. The summed E-state index contributed by atoms with van der Waals surface area (Å²) in [5, 5.41) is 49.3. The number of hydrogen-bond donors (Lipinski definition) is 5. The zero-order valence-electron chi connectivity index (χ0n) is 12.0. The highest BCUT2D eigenvalue weighted by Gasteiger charge is 2.52. The van der Waals surface area contributed by atoms with Gasteiger partial charge in [0.1, 0.15) is 24.4 Å². The first-order chi connectivity index (χ1) is 10.9. The molecule has 2 aliphatic rings. The lowest BCUT2D eigenvalue weighted by atomic mass is 9.86. The van der Waals surface area contributed by atoms with E-state index in [0.717, 1.165) is 6.07 Å². The van der Waals surface area contributed by atoms with Crippen LogP contribution in [-0.4, -0.2) is 69.6 Å². The van der Waals surface area contributed by atoms with Gasteiger partial charge in [-0.3, -0.25) is 0 Å². The van der Waals surface area contributed by atoms with Crippen LogP contribution in [0.2, 0.25) is 0 Å². The zero-order valence-corrected chi connectivity index (χ0v) is 12.0. The lowest BCUT2D eigenvalue weighted by Gasteiger charge is -2.44. The molecule has 0 amide bonds. The fourth-order valence-electron chi connectivity index (χ4n) is 2.95. The fraction of sp³-hybridized carbons (Fsp3) is 0.500. The van der Waals surface area contributed by atoms with E-state index in [1.807, 2.05) is 0 Å². The maximum atomic E-state index is 12.1. The Labute approximate surface area is 130 Å². The summed E-state index contributed by atoms with van der Waals surface area (Å²) in [4.78, 5) is 12.1. The van der Waals surface area contributed by atoms with Gasteiger partial charge in [0, 0.05) is 5.56 Å². The van der Waals surface area contributed by atoms with E-state index in [9.17, 15) is 30.3 Å². The van der Waals surface area contributed by atoms with Gasteiger partial charge in [-0.2, -0.15) is 0 Å². The maximum Gasteiger partial charge on any atom is 0.339 e. The van der Waals surface area contributed by atoms with Gasteiger partial charge in [-0.15, -0.1) is 0 Å². The molecule has 1 saturated heterocycles.